The van der Waals surface area contributed by atoms with Crippen molar-refractivity contribution in [1.82, 2.24) is 4.90 Å². The number of carbonyl (C=O) groups excluding carboxylic acids is 1. The van der Waals surface area contributed by atoms with Crippen molar-refractivity contribution in [1.29, 1.82) is 0 Å². The molecule has 0 unspecified atom stereocenters. The number of benzene rings is 1. The second kappa shape index (κ2) is 4.52. The lowest BCUT2D eigenvalue weighted by Crippen LogP contribution is -2.11. The highest BCUT2D eigenvalue weighted by Crippen LogP contribution is 2.19. The van der Waals surface area contributed by atoms with Gasteiger partial charge in [0.2, 0.25) is 0 Å². The molecule has 16 heavy (non-hydrogen) atoms. The maximum atomic E-state index is 12.0. The van der Waals surface area contributed by atoms with Gasteiger partial charge in [0, 0.05) is 30.9 Å². The van der Waals surface area contributed by atoms with Gasteiger partial charge in [0.05, 0.1) is 0 Å². The quantitative estimate of drug-likeness (QED) is 0.558. The maximum Gasteiger partial charge on any atom is 0.187 e. The molecule has 0 aliphatic carbocycles. The van der Waals surface area contributed by atoms with E-state index in [1.54, 1.807) is 6.08 Å². The summed E-state index contributed by atoms with van der Waals surface area (Å²) >= 11 is 0. The van der Waals surface area contributed by atoms with Crippen LogP contribution in [0.2, 0.25) is 0 Å². The molecule has 1 aromatic carbocycles. The van der Waals surface area contributed by atoms with Gasteiger partial charge in [-0.1, -0.05) is 23.8 Å². The summed E-state index contributed by atoms with van der Waals surface area (Å²) in [5.74, 6) is 0.118. The number of ketones is 1. The average Bonchev–Trinajstić information content (AvgIpc) is 2.64. The number of rotatable bonds is 2. The Balaban J connectivity index is 2.20. The molecule has 1 saturated heterocycles. The van der Waals surface area contributed by atoms with Crippen LogP contribution in [-0.4, -0.2) is 24.3 Å². The molecule has 0 spiro atoms. The number of allylic oxidation sites excluding steroid dienone is 2. The standard InChI is InChI=1S/C14H17NO/c1-11-5-3-6-12(9-11)14(16)10-13-7-4-8-15(13)2/h3,5-6,9-10H,4,7-8H2,1-2H3. The van der Waals surface area contributed by atoms with Crippen molar-refractivity contribution in [2.75, 3.05) is 13.6 Å². The van der Waals surface area contributed by atoms with E-state index in [2.05, 4.69) is 4.90 Å². The van der Waals surface area contributed by atoms with Crippen molar-refractivity contribution in [3.05, 3.63) is 47.2 Å². The SMILES string of the molecule is Cc1cccc(C(=O)C=C2CCCN2C)c1. The van der Waals surface area contributed by atoms with Gasteiger partial charge in [-0.3, -0.25) is 4.79 Å². The Morgan fingerprint density at radius 1 is 1.44 bits per heavy atom. The predicted octanol–water partition coefficient (Wildman–Crippen LogP) is 2.79. The van der Waals surface area contributed by atoms with Crippen LogP contribution < -0.4 is 0 Å². The summed E-state index contributed by atoms with van der Waals surface area (Å²) in [4.78, 5) is 14.2. The minimum Gasteiger partial charge on any atom is -0.378 e. The van der Waals surface area contributed by atoms with Crippen molar-refractivity contribution >= 4 is 5.78 Å². The Labute approximate surface area is 96.6 Å². The fourth-order valence-electron chi connectivity index (χ4n) is 2.05. The number of aryl methyl sites for hydroxylation is 1. The molecule has 0 aromatic heterocycles. The summed E-state index contributed by atoms with van der Waals surface area (Å²) < 4.78 is 0. The van der Waals surface area contributed by atoms with Gasteiger partial charge >= 0.3 is 0 Å². The van der Waals surface area contributed by atoms with Crippen molar-refractivity contribution in [3.63, 3.8) is 0 Å². The first-order chi connectivity index (χ1) is 7.66. The van der Waals surface area contributed by atoms with E-state index in [9.17, 15) is 4.79 Å². The van der Waals surface area contributed by atoms with E-state index >= 15 is 0 Å². The minimum absolute atomic E-state index is 0.118. The second-order valence-corrected chi connectivity index (χ2v) is 4.39. The summed E-state index contributed by atoms with van der Waals surface area (Å²) in [5, 5.41) is 0. The van der Waals surface area contributed by atoms with Gasteiger partial charge in [-0.25, -0.2) is 0 Å². The first-order valence-corrected chi connectivity index (χ1v) is 5.69. The van der Waals surface area contributed by atoms with Crippen LogP contribution in [0.4, 0.5) is 0 Å². The molecular formula is C14H17NO. The first-order valence-electron chi connectivity index (χ1n) is 5.69. The van der Waals surface area contributed by atoms with E-state index < -0.39 is 0 Å². The van der Waals surface area contributed by atoms with Gasteiger partial charge in [0.1, 0.15) is 0 Å². The van der Waals surface area contributed by atoms with Gasteiger partial charge in [0.15, 0.2) is 5.78 Å². The van der Waals surface area contributed by atoms with Gasteiger partial charge in [-0.2, -0.15) is 0 Å². The fraction of sp³-hybridized carbons (Fsp3) is 0.357. The highest BCUT2D eigenvalue weighted by molar-refractivity contribution is 6.05. The number of nitrogens with zero attached hydrogens (tertiary/aromatic N) is 1. The molecule has 0 amide bonds. The van der Waals surface area contributed by atoms with Crippen molar-refractivity contribution < 1.29 is 4.79 Å². The van der Waals surface area contributed by atoms with Crippen molar-refractivity contribution in [2.24, 2.45) is 0 Å². The molecule has 2 nitrogen and oxygen atoms in total. The molecule has 0 atom stereocenters. The van der Waals surface area contributed by atoms with Gasteiger partial charge < -0.3 is 4.90 Å². The van der Waals surface area contributed by atoms with Gasteiger partial charge in [-0.05, 0) is 25.8 Å². The van der Waals surface area contributed by atoms with E-state index in [-0.39, 0.29) is 5.78 Å². The lowest BCUT2D eigenvalue weighted by atomic mass is 10.1. The molecule has 1 heterocycles. The third-order valence-electron chi connectivity index (χ3n) is 3.02. The molecule has 84 valence electrons. The third kappa shape index (κ3) is 2.32. The van der Waals surface area contributed by atoms with Gasteiger partial charge in [-0.15, -0.1) is 0 Å². The zero-order chi connectivity index (χ0) is 11.5. The molecule has 0 N–H and O–H groups in total. The number of hydrogen-bond donors (Lipinski definition) is 0. The van der Waals surface area contributed by atoms with E-state index in [1.165, 1.54) is 0 Å². The summed E-state index contributed by atoms with van der Waals surface area (Å²) in [7, 11) is 2.04. The van der Waals surface area contributed by atoms with E-state index in [0.717, 1.165) is 36.2 Å². The molecule has 1 aromatic rings. The largest absolute Gasteiger partial charge is 0.378 e. The first kappa shape index (κ1) is 10.9. The van der Waals surface area contributed by atoms with Gasteiger partial charge in [0.25, 0.3) is 0 Å². The topological polar surface area (TPSA) is 20.3 Å². The predicted molar refractivity (Wildman–Crippen MR) is 65.5 cm³/mol. The Morgan fingerprint density at radius 2 is 2.25 bits per heavy atom. The van der Waals surface area contributed by atoms with Crippen molar-refractivity contribution in [3.8, 4) is 0 Å². The van der Waals surface area contributed by atoms with E-state index in [4.69, 9.17) is 0 Å². The molecule has 0 saturated carbocycles. The Bertz CT molecular complexity index is 434. The van der Waals surface area contributed by atoms with Crippen LogP contribution in [0, 0.1) is 6.92 Å². The summed E-state index contributed by atoms with van der Waals surface area (Å²) in [6, 6.07) is 7.75. The molecular weight excluding hydrogens is 198 g/mol. The lowest BCUT2D eigenvalue weighted by molar-refractivity contribution is 0.104. The maximum absolute atomic E-state index is 12.0. The zero-order valence-corrected chi connectivity index (χ0v) is 9.86. The molecule has 1 aliphatic heterocycles. The number of carbonyl (C=O) groups is 1. The molecule has 2 rings (SSSR count). The second-order valence-electron chi connectivity index (χ2n) is 4.39. The molecule has 1 fully saturated rings. The normalized spacial score (nSPS) is 18.1. The highest BCUT2D eigenvalue weighted by Gasteiger charge is 2.14. The Hall–Kier alpha value is -1.57. The van der Waals surface area contributed by atoms with Crippen LogP contribution in [0.15, 0.2) is 36.0 Å². The summed E-state index contributed by atoms with van der Waals surface area (Å²) in [6.07, 6.45) is 3.96. The summed E-state index contributed by atoms with van der Waals surface area (Å²) in [6.45, 7) is 3.07. The summed E-state index contributed by atoms with van der Waals surface area (Å²) in [5.41, 5.74) is 3.07. The van der Waals surface area contributed by atoms with E-state index in [0.29, 0.717) is 0 Å². The molecule has 1 aliphatic rings. The van der Waals surface area contributed by atoms with Crippen molar-refractivity contribution in [2.45, 2.75) is 19.8 Å². The fourth-order valence-corrected chi connectivity index (χ4v) is 2.05. The van der Waals surface area contributed by atoms with Crippen LogP contribution in [0.1, 0.15) is 28.8 Å². The van der Waals surface area contributed by atoms with Crippen LogP contribution >= 0.6 is 0 Å². The minimum atomic E-state index is 0.118. The van der Waals surface area contributed by atoms with Crippen LogP contribution in [0.5, 0.6) is 0 Å². The average molecular weight is 215 g/mol. The zero-order valence-electron chi connectivity index (χ0n) is 9.86. The monoisotopic (exact) mass is 215 g/mol. The Morgan fingerprint density at radius 3 is 2.88 bits per heavy atom. The molecule has 2 heteroatoms. The lowest BCUT2D eigenvalue weighted by Gasteiger charge is -2.11. The van der Waals surface area contributed by atoms with Crippen LogP contribution in [0.25, 0.3) is 0 Å². The van der Waals surface area contributed by atoms with Crippen LogP contribution in [0.3, 0.4) is 0 Å². The van der Waals surface area contributed by atoms with Crippen LogP contribution in [-0.2, 0) is 0 Å². The Kier molecular flexibility index (Phi) is 3.09. The van der Waals surface area contributed by atoms with E-state index in [1.807, 2.05) is 38.2 Å². The molecule has 0 radical (unpaired) electrons. The number of hydrogen-bond acceptors (Lipinski definition) is 2. The molecule has 0 bridgehead atoms. The smallest absolute Gasteiger partial charge is 0.187 e. The number of likely N-dealkylation sites (tertiary alicyclic amines) is 1. The highest BCUT2D eigenvalue weighted by atomic mass is 16.1. The third-order valence-corrected chi connectivity index (χ3v) is 3.02.